The Morgan fingerprint density at radius 3 is 2.06 bits per heavy atom. The Morgan fingerprint density at radius 2 is 1.48 bits per heavy atom. The molecule has 2 aromatic heterocycles. The largest absolute Gasteiger partial charge is 0.437 e. The van der Waals surface area contributed by atoms with Gasteiger partial charge >= 0.3 is 12.4 Å². The standard InChI is InChI=1S/C23H19F6N3O/c1-11-18(33-20(30-11)21(2,3)4)19-31-16-10-12(9-15(17(16)32-19)23(27,28)29)13-7-5-6-8-14(13)22(24,25)26/h5-10H,1-4H3,(H,31,32). The second kappa shape index (κ2) is 7.36. The first-order valence-electron chi connectivity index (χ1n) is 9.92. The summed E-state index contributed by atoms with van der Waals surface area (Å²) >= 11 is 0. The number of aromatic nitrogens is 3. The number of fused-ring (bicyclic) bond motifs is 1. The first-order valence-corrected chi connectivity index (χ1v) is 9.92. The minimum absolute atomic E-state index is 0.0113. The first kappa shape index (κ1) is 22.9. The predicted molar refractivity (Wildman–Crippen MR) is 110 cm³/mol. The zero-order valence-corrected chi connectivity index (χ0v) is 18.0. The van der Waals surface area contributed by atoms with Crippen LogP contribution in [0.15, 0.2) is 40.8 Å². The van der Waals surface area contributed by atoms with E-state index in [1.807, 2.05) is 20.8 Å². The van der Waals surface area contributed by atoms with Crippen molar-refractivity contribution in [3.8, 4) is 22.7 Å². The van der Waals surface area contributed by atoms with Crippen molar-refractivity contribution >= 4 is 11.0 Å². The first-order chi connectivity index (χ1) is 15.2. The second-order valence-corrected chi connectivity index (χ2v) is 8.73. The molecule has 0 saturated carbocycles. The van der Waals surface area contributed by atoms with Gasteiger partial charge in [-0.05, 0) is 36.2 Å². The molecule has 0 radical (unpaired) electrons. The van der Waals surface area contributed by atoms with Crippen LogP contribution in [-0.4, -0.2) is 15.0 Å². The molecule has 0 aliphatic rings. The average molecular weight is 467 g/mol. The Kier molecular flexibility index (Phi) is 5.10. The van der Waals surface area contributed by atoms with Crippen LogP contribution < -0.4 is 0 Å². The van der Waals surface area contributed by atoms with Crippen LogP contribution in [0.4, 0.5) is 26.3 Å². The van der Waals surface area contributed by atoms with Crippen molar-refractivity contribution < 1.29 is 30.8 Å². The topological polar surface area (TPSA) is 54.7 Å². The highest BCUT2D eigenvalue weighted by Gasteiger charge is 2.37. The number of aromatic amines is 1. The van der Waals surface area contributed by atoms with Crippen LogP contribution >= 0.6 is 0 Å². The summed E-state index contributed by atoms with van der Waals surface area (Å²) in [7, 11) is 0. The van der Waals surface area contributed by atoms with Crippen molar-refractivity contribution in [2.75, 3.05) is 0 Å². The summed E-state index contributed by atoms with van der Waals surface area (Å²) in [4.78, 5) is 11.2. The van der Waals surface area contributed by atoms with E-state index in [4.69, 9.17) is 4.42 Å². The van der Waals surface area contributed by atoms with Gasteiger partial charge in [-0.2, -0.15) is 26.3 Å². The molecule has 0 bridgehead atoms. The minimum Gasteiger partial charge on any atom is -0.437 e. The van der Waals surface area contributed by atoms with Gasteiger partial charge in [0.1, 0.15) is 5.52 Å². The van der Waals surface area contributed by atoms with Gasteiger partial charge in [0, 0.05) is 5.41 Å². The summed E-state index contributed by atoms with van der Waals surface area (Å²) in [5.41, 5.74) is -3.28. The van der Waals surface area contributed by atoms with Crippen molar-refractivity contribution in [3.05, 3.63) is 59.1 Å². The molecule has 4 nitrogen and oxygen atoms in total. The number of H-pyrrole nitrogens is 1. The van der Waals surface area contributed by atoms with E-state index in [-0.39, 0.29) is 28.2 Å². The monoisotopic (exact) mass is 467 g/mol. The molecular weight excluding hydrogens is 448 g/mol. The van der Waals surface area contributed by atoms with Crippen molar-refractivity contribution in [2.24, 2.45) is 0 Å². The molecule has 4 aromatic rings. The molecule has 1 N–H and O–H groups in total. The SMILES string of the molecule is Cc1nc(C(C)(C)C)oc1-c1nc2c(C(F)(F)F)cc(-c3ccccc3C(F)(F)F)cc2[nH]1. The zero-order chi connectivity index (χ0) is 24.3. The number of hydrogen-bond acceptors (Lipinski definition) is 3. The molecular formula is C23H19F6N3O. The summed E-state index contributed by atoms with van der Waals surface area (Å²) in [6.45, 7) is 7.24. The van der Waals surface area contributed by atoms with E-state index in [9.17, 15) is 26.3 Å². The number of aryl methyl sites for hydroxylation is 1. The lowest BCUT2D eigenvalue weighted by Gasteiger charge is -2.15. The number of halogens is 6. The van der Waals surface area contributed by atoms with Gasteiger partial charge in [0.15, 0.2) is 11.6 Å². The summed E-state index contributed by atoms with van der Waals surface area (Å²) in [6, 6.07) is 6.40. The molecule has 10 heteroatoms. The molecule has 0 aliphatic carbocycles. The number of nitrogens with zero attached hydrogens (tertiary/aromatic N) is 2. The number of benzene rings is 2. The fraction of sp³-hybridized carbons (Fsp3) is 0.304. The van der Waals surface area contributed by atoms with E-state index in [1.165, 1.54) is 18.2 Å². The molecule has 0 atom stereocenters. The van der Waals surface area contributed by atoms with Gasteiger partial charge in [0.05, 0.1) is 22.3 Å². The van der Waals surface area contributed by atoms with Crippen LogP contribution in [-0.2, 0) is 17.8 Å². The third-order valence-electron chi connectivity index (χ3n) is 5.09. The fourth-order valence-electron chi connectivity index (χ4n) is 3.52. The maximum absolute atomic E-state index is 13.9. The predicted octanol–water partition coefficient (Wildman–Crippen LogP) is 7.53. The molecule has 0 spiro atoms. The van der Waals surface area contributed by atoms with E-state index in [0.29, 0.717) is 17.7 Å². The molecule has 0 aliphatic heterocycles. The van der Waals surface area contributed by atoms with Gasteiger partial charge in [0.2, 0.25) is 5.89 Å². The lowest BCUT2D eigenvalue weighted by molar-refractivity contribution is -0.137. The Morgan fingerprint density at radius 1 is 0.848 bits per heavy atom. The Hall–Kier alpha value is -3.30. The zero-order valence-electron chi connectivity index (χ0n) is 18.0. The van der Waals surface area contributed by atoms with Crippen LogP contribution in [0.5, 0.6) is 0 Å². The second-order valence-electron chi connectivity index (χ2n) is 8.73. The van der Waals surface area contributed by atoms with Gasteiger partial charge in [-0.15, -0.1) is 0 Å². The molecule has 0 saturated heterocycles. The third kappa shape index (κ3) is 4.21. The van der Waals surface area contributed by atoms with E-state index >= 15 is 0 Å². The van der Waals surface area contributed by atoms with E-state index in [0.717, 1.165) is 12.1 Å². The van der Waals surface area contributed by atoms with Gasteiger partial charge in [-0.3, -0.25) is 0 Å². The summed E-state index contributed by atoms with van der Waals surface area (Å²) in [5, 5.41) is 0. The molecule has 4 rings (SSSR count). The molecule has 174 valence electrons. The van der Waals surface area contributed by atoms with Crippen molar-refractivity contribution in [3.63, 3.8) is 0 Å². The molecule has 0 unspecified atom stereocenters. The maximum atomic E-state index is 13.9. The maximum Gasteiger partial charge on any atom is 0.418 e. The van der Waals surface area contributed by atoms with E-state index < -0.39 is 34.4 Å². The molecule has 2 aromatic carbocycles. The number of imidazole rings is 1. The van der Waals surface area contributed by atoms with Crippen LogP contribution in [0.1, 0.15) is 43.5 Å². The summed E-state index contributed by atoms with van der Waals surface area (Å²) in [6.07, 6.45) is -9.58. The molecule has 2 heterocycles. The molecule has 33 heavy (non-hydrogen) atoms. The number of nitrogens with one attached hydrogen (secondary N) is 1. The molecule has 0 fully saturated rings. The average Bonchev–Trinajstić information content (AvgIpc) is 3.28. The number of alkyl halides is 6. The highest BCUT2D eigenvalue weighted by molar-refractivity contribution is 5.88. The molecule has 0 amide bonds. The number of rotatable bonds is 2. The van der Waals surface area contributed by atoms with E-state index in [1.54, 1.807) is 6.92 Å². The highest BCUT2D eigenvalue weighted by atomic mass is 19.4. The van der Waals surface area contributed by atoms with Crippen LogP contribution in [0.2, 0.25) is 0 Å². The minimum atomic E-state index is -4.85. The number of hydrogen-bond donors (Lipinski definition) is 1. The summed E-state index contributed by atoms with van der Waals surface area (Å²) < 4.78 is 87.9. The Balaban J connectivity index is 1.96. The smallest absolute Gasteiger partial charge is 0.418 e. The van der Waals surface area contributed by atoms with Crippen molar-refractivity contribution in [1.82, 2.24) is 15.0 Å². The van der Waals surface area contributed by atoms with Gasteiger partial charge in [-0.25, -0.2) is 9.97 Å². The lowest BCUT2D eigenvalue weighted by atomic mass is 9.96. The van der Waals surface area contributed by atoms with Gasteiger partial charge in [0.25, 0.3) is 0 Å². The van der Waals surface area contributed by atoms with Crippen LogP contribution in [0.25, 0.3) is 33.7 Å². The third-order valence-corrected chi connectivity index (χ3v) is 5.09. The Labute approximate surface area is 184 Å². The highest BCUT2D eigenvalue weighted by Crippen LogP contribution is 2.42. The van der Waals surface area contributed by atoms with E-state index in [2.05, 4.69) is 15.0 Å². The van der Waals surface area contributed by atoms with Crippen molar-refractivity contribution in [1.29, 1.82) is 0 Å². The number of oxazole rings is 1. The summed E-state index contributed by atoms with van der Waals surface area (Å²) in [5.74, 6) is 0.560. The quantitative estimate of drug-likeness (QED) is 0.310. The Bertz CT molecular complexity index is 1340. The van der Waals surface area contributed by atoms with Gasteiger partial charge in [-0.1, -0.05) is 39.0 Å². The van der Waals surface area contributed by atoms with Crippen LogP contribution in [0.3, 0.4) is 0 Å². The van der Waals surface area contributed by atoms with Crippen molar-refractivity contribution in [2.45, 2.75) is 45.5 Å². The van der Waals surface area contributed by atoms with Crippen LogP contribution in [0, 0.1) is 6.92 Å². The normalized spacial score (nSPS) is 13.2. The van der Waals surface area contributed by atoms with Gasteiger partial charge < -0.3 is 9.40 Å². The fourth-order valence-corrected chi connectivity index (χ4v) is 3.52. The lowest BCUT2D eigenvalue weighted by Crippen LogP contribution is -2.11.